The first-order valence-electron chi connectivity index (χ1n) is 5.56. The predicted octanol–water partition coefficient (Wildman–Crippen LogP) is 1.74. The summed E-state index contributed by atoms with van der Waals surface area (Å²) < 4.78 is 28.2. The maximum Gasteiger partial charge on any atom is 0.261 e. The van der Waals surface area contributed by atoms with Crippen molar-refractivity contribution < 1.29 is 18.3 Å². The highest BCUT2D eigenvalue weighted by Gasteiger charge is 2.09. The summed E-state index contributed by atoms with van der Waals surface area (Å²) in [5.41, 5.74) is 1.22. The van der Waals surface area contributed by atoms with Gasteiger partial charge in [0.05, 0.1) is 12.2 Å². The largest absolute Gasteiger partial charge is 0.387 e. The highest BCUT2D eigenvalue weighted by molar-refractivity contribution is 5.99. The van der Waals surface area contributed by atoms with Gasteiger partial charge < -0.3 is 15.4 Å². The zero-order chi connectivity index (χ0) is 13.4. The number of ether oxygens (including phenoxy) is 1. The topological polar surface area (TPSA) is 50.4 Å². The second-order valence-electron chi connectivity index (χ2n) is 3.52. The van der Waals surface area contributed by atoms with Gasteiger partial charge in [-0.15, -0.1) is 0 Å². The quantitative estimate of drug-likeness (QED) is 0.732. The molecule has 18 heavy (non-hydrogen) atoms. The van der Waals surface area contributed by atoms with Crippen LogP contribution in [0.3, 0.4) is 0 Å². The summed E-state index contributed by atoms with van der Waals surface area (Å²) in [6.07, 6.45) is -2.48. The maximum absolute atomic E-state index is 11.8. The lowest BCUT2D eigenvalue weighted by atomic mass is 10.1. The highest BCUT2D eigenvalue weighted by atomic mass is 19.3. The Bertz CT molecular complexity index is 386. The number of anilines is 1. The van der Waals surface area contributed by atoms with Crippen LogP contribution in [0.15, 0.2) is 24.3 Å². The van der Waals surface area contributed by atoms with E-state index in [1.165, 1.54) is 0 Å². The van der Waals surface area contributed by atoms with Crippen LogP contribution in [0.2, 0.25) is 0 Å². The van der Waals surface area contributed by atoms with Gasteiger partial charge in [0.25, 0.3) is 12.3 Å². The fourth-order valence-electron chi connectivity index (χ4n) is 1.40. The molecule has 1 amide bonds. The van der Waals surface area contributed by atoms with Gasteiger partial charge in [0.1, 0.15) is 6.61 Å². The number of carbonyl (C=O) groups is 1. The van der Waals surface area contributed by atoms with Gasteiger partial charge in [0.2, 0.25) is 0 Å². The molecule has 2 N–H and O–H groups in total. The molecule has 0 unspecified atom stereocenters. The molecule has 0 saturated carbocycles. The third-order valence-corrected chi connectivity index (χ3v) is 2.22. The standard InChI is InChI=1S/C12H16F2N2O2/c1-15-10-5-3-2-4-9(10)12(17)16-6-7-18-8-11(13)14/h2-5,11,15H,6-8H2,1H3,(H,16,17). The minimum absolute atomic E-state index is 0.0673. The third kappa shape index (κ3) is 4.67. The average molecular weight is 258 g/mol. The van der Waals surface area contributed by atoms with Crippen molar-refractivity contribution >= 4 is 11.6 Å². The molecular weight excluding hydrogens is 242 g/mol. The van der Waals surface area contributed by atoms with Gasteiger partial charge in [-0.25, -0.2) is 8.78 Å². The van der Waals surface area contributed by atoms with E-state index < -0.39 is 13.0 Å². The lowest BCUT2D eigenvalue weighted by molar-refractivity contribution is 0.0188. The predicted molar refractivity (Wildman–Crippen MR) is 65.1 cm³/mol. The van der Waals surface area contributed by atoms with Gasteiger partial charge in [-0.2, -0.15) is 0 Å². The molecule has 0 aliphatic carbocycles. The van der Waals surface area contributed by atoms with Crippen molar-refractivity contribution in [2.24, 2.45) is 0 Å². The molecule has 0 heterocycles. The number of rotatable bonds is 7. The van der Waals surface area contributed by atoms with E-state index in [2.05, 4.69) is 15.4 Å². The minimum Gasteiger partial charge on any atom is -0.387 e. The van der Waals surface area contributed by atoms with Gasteiger partial charge in [-0.3, -0.25) is 4.79 Å². The van der Waals surface area contributed by atoms with E-state index in [1.807, 2.05) is 6.07 Å². The van der Waals surface area contributed by atoms with Crippen LogP contribution in [0.5, 0.6) is 0 Å². The summed E-state index contributed by atoms with van der Waals surface area (Å²) in [5.74, 6) is -0.263. The number of hydrogen-bond donors (Lipinski definition) is 2. The molecule has 4 nitrogen and oxygen atoms in total. The van der Waals surface area contributed by atoms with Crippen molar-refractivity contribution in [3.63, 3.8) is 0 Å². The molecule has 0 aliphatic rings. The Hall–Kier alpha value is -1.69. The number of benzene rings is 1. The van der Waals surface area contributed by atoms with Crippen LogP contribution in [-0.4, -0.2) is 39.1 Å². The summed E-state index contributed by atoms with van der Waals surface area (Å²) in [5, 5.41) is 5.50. The van der Waals surface area contributed by atoms with Crippen LogP contribution in [-0.2, 0) is 4.74 Å². The molecule has 1 aromatic carbocycles. The van der Waals surface area contributed by atoms with Gasteiger partial charge >= 0.3 is 0 Å². The molecule has 100 valence electrons. The molecular formula is C12H16F2N2O2. The monoisotopic (exact) mass is 258 g/mol. The van der Waals surface area contributed by atoms with E-state index in [4.69, 9.17) is 0 Å². The number of halogens is 2. The Morgan fingerprint density at radius 3 is 2.78 bits per heavy atom. The first-order chi connectivity index (χ1) is 8.65. The number of para-hydroxylation sites is 1. The molecule has 0 aliphatic heterocycles. The SMILES string of the molecule is CNc1ccccc1C(=O)NCCOCC(F)F. The first kappa shape index (κ1) is 14.4. The average Bonchev–Trinajstić information content (AvgIpc) is 2.37. The fraction of sp³-hybridized carbons (Fsp3) is 0.417. The second-order valence-corrected chi connectivity index (χ2v) is 3.52. The first-order valence-corrected chi connectivity index (χ1v) is 5.56. The van der Waals surface area contributed by atoms with Gasteiger partial charge in [-0.1, -0.05) is 12.1 Å². The van der Waals surface area contributed by atoms with Crippen LogP contribution in [0.25, 0.3) is 0 Å². The number of alkyl halides is 2. The lowest BCUT2D eigenvalue weighted by Crippen LogP contribution is -2.28. The van der Waals surface area contributed by atoms with Crippen molar-refractivity contribution in [2.75, 3.05) is 32.1 Å². The highest BCUT2D eigenvalue weighted by Crippen LogP contribution is 2.13. The number of nitrogens with one attached hydrogen (secondary N) is 2. The zero-order valence-corrected chi connectivity index (χ0v) is 10.1. The van der Waals surface area contributed by atoms with Crippen molar-refractivity contribution in [1.29, 1.82) is 0 Å². The van der Waals surface area contributed by atoms with Crippen molar-refractivity contribution in [1.82, 2.24) is 5.32 Å². The van der Waals surface area contributed by atoms with E-state index in [9.17, 15) is 13.6 Å². The molecule has 1 rings (SSSR count). The zero-order valence-electron chi connectivity index (χ0n) is 10.1. The third-order valence-electron chi connectivity index (χ3n) is 2.22. The molecule has 0 spiro atoms. The van der Waals surface area contributed by atoms with Crippen LogP contribution in [0.1, 0.15) is 10.4 Å². The lowest BCUT2D eigenvalue weighted by Gasteiger charge is -2.09. The minimum atomic E-state index is -2.48. The summed E-state index contributed by atoms with van der Waals surface area (Å²) in [6, 6.07) is 7.03. The van der Waals surface area contributed by atoms with Crippen molar-refractivity contribution in [3.8, 4) is 0 Å². The Balaban J connectivity index is 2.36. The molecule has 0 radical (unpaired) electrons. The van der Waals surface area contributed by atoms with Gasteiger partial charge in [0.15, 0.2) is 0 Å². The molecule has 0 aromatic heterocycles. The summed E-state index contributed by atoms with van der Waals surface area (Å²) in [4.78, 5) is 11.8. The molecule has 0 saturated heterocycles. The number of hydrogen-bond acceptors (Lipinski definition) is 3. The molecule has 0 atom stereocenters. The van der Waals surface area contributed by atoms with E-state index in [0.29, 0.717) is 11.3 Å². The molecule has 1 aromatic rings. The van der Waals surface area contributed by atoms with Crippen LogP contribution in [0, 0.1) is 0 Å². The second kappa shape index (κ2) is 7.60. The Morgan fingerprint density at radius 2 is 2.11 bits per heavy atom. The molecule has 0 fully saturated rings. The Kier molecular flexibility index (Phi) is 6.07. The molecule has 0 bridgehead atoms. The van der Waals surface area contributed by atoms with E-state index >= 15 is 0 Å². The van der Waals surface area contributed by atoms with E-state index in [0.717, 1.165) is 0 Å². The van der Waals surface area contributed by atoms with Gasteiger partial charge in [0, 0.05) is 19.3 Å². The normalized spacial score (nSPS) is 10.4. The number of amides is 1. The van der Waals surface area contributed by atoms with Crippen molar-refractivity contribution in [3.05, 3.63) is 29.8 Å². The fourth-order valence-corrected chi connectivity index (χ4v) is 1.40. The maximum atomic E-state index is 11.8. The van der Waals surface area contributed by atoms with Crippen LogP contribution in [0.4, 0.5) is 14.5 Å². The summed E-state index contributed by atoms with van der Waals surface area (Å²) in [7, 11) is 1.72. The number of carbonyl (C=O) groups excluding carboxylic acids is 1. The van der Waals surface area contributed by atoms with Gasteiger partial charge in [-0.05, 0) is 12.1 Å². The van der Waals surface area contributed by atoms with Crippen LogP contribution >= 0.6 is 0 Å². The Morgan fingerprint density at radius 1 is 1.39 bits per heavy atom. The van der Waals surface area contributed by atoms with Crippen molar-refractivity contribution in [2.45, 2.75) is 6.43 Å². The van der Waals surface area contributed by atoms with Crippen LogP contribution < -0.4 is 10.6 Å². The van der Waals surface area contributed by atoms with E-state index in [-0.39, 0.29) is 19.1 Å². The summed E-state index contributed by atoms with van der Waals surface area (Å²) in [6.45, 7) is -0.343. The molecule has 6 heteroatoms. The summed E-state index contributed by atoms with van der Waals surface area (Å²) >= 11 is 0. The Labute approximate surface area is 104 Å². The van der Waals surface area contributed by atoms with E-state index in [1.54, 1.807) is 25.2 Å². The smallest absolute Gasteiger partial charge is 0.261 e.